The SMILES string of the molecule is COc1cc(C(=O)N(Cc2ccncc2)C2CC2)ccc1OCCC(C)C. The van der Waals surface area contributed by atoms with Gasteiger partial charge in [0, 0.05) is 30.5 Å². The molecule has 0 saturated heterocycles. The quantitative estimate of drug-likeness (QED) is 0.661. The molecular formula is C22H28N2O3. The van der Waals surface area contributed by atoms with Crippen molar-refractivity contribution in [2.24, 2.45) is 5.92 Å². The summed E-state index contributed by atoms with van der Waals surface area (Å²) >= 11 is 0. The molecule has 0 unspecified atom stereocenters. The van der Waals surface area contributed by atoms with E-state index >= 15 is 0 Å². The maximum atomic E-state index is 13.1. The molecule has 0 bridgehead atoms. The zero-order valence-corrected chi connectivity index (χ0v) is 16.4. The number of methoxy groups -OCH3 is 1. The fourth-order valence-corrected chi connectivity index (χ4v) is 2.93. The minimum Gasteiger partial charge on any atom is -0.493 e. The third kappa shape index (κ3) is 5.22. The van der Waals surface area contributed by atoms with Crippen LogP contribution in [-0.2, 0) is 6.54 Å². The van der Waals surface area contributed by atoms with Gasteiger partial charge in [-0.3, -0.25) is 9.78 Å². The molecule has 0 aliphatic heterocycles. The van der Waals surface area contributed by atoms with Crippen LogP contribution >= 0.6 is 0 Å². The normalized spacial score (nSPS) is 13.5. The summed E-state index contributed by atoms with van der Waals surface area (Å²) in [7, 11) is 1.61. The number of hydrogen-bond acceptors (Lipinski definition) is 4. The molecule has 0 N–H and O–H groups in total. The van der Waals surface area contributed by atoms with Gasteiger partial charge in [0.05, 0.1) is 13.7 Å². The van der Waals surface area contributed by atoms with Crippen LogP contribution in [0.3, 0.4) is 0 Å². The van der Waals surface area contributed by atoms with Crippen molar-refractivity contribution in [2.75, 3.05) is 13.7 Å². The van der Waals surface area contributed by atoms with Gasteiger partial charge in [-0.1, -0.05) is 13.8 Å². The predicted molar refractivity (Wildman–Crippen MR) is 105 cm³/mol. The zero-order chi connectivity index (χ0) is 19.2. The molecule has 1 saturated carbocycles. The zero-order valence-electron chi connectivity index (χ0n) is 16.4. The molecule has 144 valence electrons. The van der Waals surface area contributed by atoms with E-state index in [0.29, 0.717) is 42.2 Å². The molecule has 5 heteroatoms. The van der Waals surface area contributed by atoms with Crippen molar-refractivity contribution in [3.05, 3.63) is 53.9 Å². The Bertz CT molecular complexity index is 757. The molecule has 0 radical (unpaired) electrons. The maximum Gasteiger partial charge on any atom is 0.254 e. The number of rotatable bonds is 9. The molecule has 5 nitrogen and oxygen atoms in total. The smallest absolute Gasteiger partial charge is 0.254 e. The number of benzene rings is 1. The molecule has 1 amide bonds. The first-order chi connectivity index (χ1) is 13.1. The van der Waals surface area contributed by atoms with Crippen molar-refractivity contribution in [1.82, 2.24) is 9.88 Å². The Balaban J connectivity index is 1.74. The van der Waals surface area contributed by atoms with Gasteiger partial charge in [-0.15, -0.1) is 0 Å². The van der Waals surface area contributed by atoms with Crippen molar-refractivity contribution in [1.29, 1.82) is 0 Å². The monoisotopic (exact) mass is 368 g/mol. The standard InChI is InChI=1S/C22H28N2O3/c1-16(2)10-13-27-20-7-4-18(14-21(20)26-3)22(25)24(19-5-6-19)15-17-8-11-23-12-9-17/h4,7-9,11-12,14,16,19H,5-6,10,13,15H2,1-3H3. The lowest BCUT2D eigenvalue weighted by molar-refractivity contribution is 0.0729. The van der Waals surface area contributed by atoms with Crippen LogP contribution < -0.4 is 9.47 Å². The van der Waals surface area contributed by atoms with Gasteiger partial charge in [0.1, 0.15) is 0 Å². The minimum absolute atomic E-state index is 0.0290. The topological polar surface area (TPSA) is 51.7 Å². The highest BCUT2D eigenvalue weighted by atomic mass is 16.5. The summed E-state index contributed by atoms with van der Waals surface area (Å²) < 4.78 is 11.3. The summed E-state index contributed by atoms with van der Waals surface area (Å²) in [6.07, 6.45) is 6.62. The Labute approximate surface area is 161 Å². The fourth-order valence-electron chi connectivity index (χ4n) is 2.93. The summed E-state index contributed by atoms with van der Waals surface area (Å²) in [6, 6.07) is 9.68. The number of nitrogens with zero attached hydrogens (tertiary/aromatic N) is 2. The van der Waals surface area contributed by atoms with E-state index in [1.807, 2.05) is 29.2 Å². The number of carbonyl (C=O) groups is 1. The Kier molecular flexibility index (Phi) is 6.32. The van der Waals surface area contributed by atoms with Gasteiger partial charge in [-0.2, -0.15) is 0 Å². The van der Waals surface area contributed by atoms with Crippen molar-refractivity contribution < 1.29 is 14.3 Å². The lowest BCUT2D eigenvalue weighted by atomic mass is 10.1. The van der Waals surface area contributed by atoms with Crippen LogP contribution in [0.5, 0.6) is 11.5 Å². The highest BCUT2D eigenvalue weighted by Crippen LogP contribution is 2.33. The van der Waals surface area contributed by atoms with Crippen LogP contribution in [0.25, 0.3) is 0 Å². The van der Waals surface area contributed by atoms with E-state index in [2.05, 4.69) is 18.8 Å². The van der Waals surface area contributed by atoms with Gasteiger partial charge in [-0.25, -0.2) is 0 Å². The fraction of sp³-hybridized carbons (Fsp3) is 0.455. The van der Waals surface area contributed by atoms with Gasteiger partial charge < -0.3 is 14.4 Å². The Morgan fingerprint density at radius 2 is 1.93 bits per heavy atom. The molecule has 1 aliphatic carbocycles. The second-order valence-corrected chi connectivity index (χ2v) is 7.42. The maximum absolute atomic E-state index is 13.1. The van der Waals surface area contributed by atoms with Gasteiger partial charge >= 0.3 is 0 Å². The molecular weight excluding hydrogens is 340 g/mol. The number of pyridine rings is 1. The Morgan fingerprint density at radius 3 is 2.56 bits per heavy atom. The van der Waals surface area contributed by atoms with Crippen LogP contribution in [-0.4, -0.2) is 35.5 Å². The van der Waals surface area contributed by atoms with Crippen LogP contribution in [0.15, 0.2) is 42.7 Å². The van der Waals surface area contributed by atoms with Crippen LogP contribution in [0.1, 0.15) is 49.0 Å². The second-order valence-electron chi connectivity index (χ2n) is 7.42. The summed E-state index contributed by atoms with van der Waals surface area (Å²) in [6.45, 7) is 5.56. The van der Waals surface area contributed by atoms with Gasteiger partial charge in [0.2, 0.25) is 0 Å². The largest absolute Gasteiger partial charge is 0.493 e. The predicted octanol–water partition coefficient (Wildman–Crippen LogP) is 4.32. The summed E-state index contributed by atoms with van der Waals surface area (Å²) in [4.78, 5) is 19.1. The van der Waals surface area contributed by atoms with E-state index in [9.17, 15) is 4.79 Å². The third-order valence-corrected chi connectivity index (χ3v) is 4.71. The average molecular weight is 368 g/mol. The number of carbonyl (C=O) groups excluding carboxylic acids is 1. The Hall–Kier alpha value is -2.56. The first-order valence-corrected chi connectivity index (χ1v) is 9.59. The van der Waals surface area contributed by atoms with E-state index in [1.165, 1.54) is 0 Å². The molecule has 3 rings (SSSR count). The van der Waals surface area contributed by atoms with Crippen LogP contribution in [0.4, 0.5) is 0 Å². The third-order valence-electron chi connectivity index (χ3n) is 4.71. The number of ether oxygens (including phenoxy) is 2. The lowest BCUT2D eigenvalue weighted by Crippen LogP contribution is -2.32. The summed E-state index contributed by atoms with van der Waals surface area (Å²) in [5.74, 6) is 1.89. The lowest BCUT2D eigenvalue weighted by Gasteiger charge is -2.23. The van der Waals surface area contributed by atoms with E-state index < -0.39 is 0 Å². The molecule has 1 aromatic carbocycles. The van der Waals surface area contributed by atoms with Crippen LogP contribution in [0.2, 0.25) is 0 Å². The van der Waals surface area contributed by atoms with Crippen molar-refractivity contribution in [2.45, 2.75) is 45.7 Å². The van der Waals surface area contributed by atoms with E-state index in [-0.39, 0.29) is 5.91 Å². The summed E-state index contributed by atoms with van der Waals surface area (Å²) in [5, 5.41) is 0. The molecule has 1 aliphatic rings. The van der Waals surface area contributed by atoms with Gasteiger partial charge in [0.15, 0.2) is 11.5 Å². The molecule has 0 atom stereocenters. The van der Waals surface area contributed by atoms with E-state index in [1.54, 1.807) is 25.6 Å². The van der Waals surface area contributed by atoms with E-state index in [4.69, 9.17) is 9.47 Å². The van der Waals surface area contributed by atoms with E-state index in [0.717, 1.165) is 24.8 Å². The molecule has 2 aromatic rings. The number of amides is 1. The number of hydrogen-bond donors (Lipinski definition) is 0. The molecule has 1 fully saturated rings. The highest BCUT2D eigenvalue weighted by molar-refractivity contribution is 5.95. The highest BCUT2D eigenvalue weighted by Gasteiger charge is 2.33. The van der Waals surface area contributed by atoms with Crippen molar-refractivity contribution in [3.63, 3.8) is 0 Å². The van der Waals surface area contributed by atoms with Gasteiger partial charge in [0.25, 0.3) is 5.91 Å². The summed E-state index contributed by atoms with van der Waals surface area (Å²) in [5.41, 5.74) is 1.72. The first kappa shape index (κ1) is 19.2. The second kappa shape index (κ2) is 8.89. The number of aromatic nitrogens is 1. The molecule has 1 heterocycles. The average Bonchev–Trinajstić information content (AvgIpc) is 3.51. The van der Waals surface area contributed by atoms with Crippen molar-refractivity contribution >= 4 is 5.91 Å². The molecule has 1 aromatic heterocycles. The first-order valence-electron chi connectivity index (χ1n) is 9.59. The molecule has 0 spiro atoms. The molecule has 27 heavy (non-hydrogen) atoms. The Morgan fingerprint density at radius 1 is 1.19 bits per heavy atom. The van der Waals surface area contributed by atoms with Crippen molar-refractivity contribution in [3.8, 4) is 11.5 Å². The van der Waals surface area contributed by atoms with Gasteiger partial charge in [-0.05, 0) is 61.1 Å². The minimum atomic E-state index is 0.0290. The van der Waals surface area contributed by atoms with Crippen LogP contribution in [0, 0.1) is 5.92 Å².